The van der Waals surface area contributed by atoms with Gasteiger partial charge in [-0.15, -0.1) is 0 Å². The molecule has 8 heteroatoms. The third-order valence-electron chi connectivity index (χ3n) is 6.28. The third kappa shape index (κ3) is 5.33. The molecule has 6 nitrogen and oxygen atoms in total. The molecular weight excluding hydrogens is 461 g/mol. The minimum atomic E-state index is -0.840. The number of amides is 1. The molecular formula is C25H27Cl2N3O3. The van der Waals surface area contributed by atoms with Crippen LogP contribution < -0.4 is 0 Å². The second-order valence-corrected chi connectivity index (χ2v) is 10.3. The Labute approximate surface area is 203 Å². The molecule has 3 heterocycles. The average Bonchev–Trinajstić information content (AvgIpc) is 3.04. The molecule has 0 spiro atoms. The molecule has 0 unspecified atom stereocenters. The maximum absolute atomic E-state index is 13.0. The monoisotopic (exact) mass is 487 g/mol. The maximum atomic E-state index is 13.0. The van der Waals surface area contributed by atoms with Gasteiger partial charge in [0.1, 0.15) is 5.65 Å². The average molecular weight is 488 g/mol. The van der Waals surface area contributed by atoms with E-state index in [0.717, 1.165) is 28.7 Å². The number of hydrogen-bond acceptors (Lipinski definition) is 3. The Hall–Kier alpha value is -2.57. The molecule has 0 fully saturated rings. The van der Waals surface area contributed by atoms with Crippen LogP contribution in [0.5, 0.6) is 0 Å². The molecule has 4 rings (SSSR count). The fourth-order valence-electron chi connectivity index (χ4n) is 4.63. The van der Waals surface area contributed by atoms with Gasteiger partial charge in [0, 0.05) is 46.8 Å². The molecule has 3 aromatic rings. The lowest BCUT2D eigenvalue weighted by atomic mass is 9.84. The molecule has 1 N–H and O–H groups in total. The molecule has 33 heavy (non-hydrogen) atoms. The van der Waals surface area contributed by atoms with Crippen LogP contribution >= 0.6 is 23.2 Å². The summed E-state index contributed by atoms with van der Waals surface area (Å²) in [5.41, 5.74) is 3.73. The van der Waals surface area contributed by atoms with E-state index >= 15 is 0 Å². The van der Waals surface area contributed by atoms with E-state index in [1.807, 2.05) is 36.9 Å². The highest BCUT2D eigenvalue weighted by molar-refractivity contribution is 6.34. The van der Waals surface area contributed by atoms with Gasteiger partial charge in [-0.2, -0.15) is 0 Å². The second kappa shape index (κ2) is 9.35. The fraction of sp³-hybridized carbons (Fsp3) is 0.400. The number of aliphatic carboxylic acids is 1. The first-order valence-electron chi connectivity index (χ1n) is 11.0. The first kappa shape index (κ1) is 23.6. The molecule has 0 atom stereocenters. The summed E-state index contributed by atoms with van der Waals surface area (Å²) < 4.78 is 2.15. The van der Waals surface area contributed by atoms with Crippen LogP contribution in [0.15, 0.2) is 36.5 Å². The quantitative estimate of drug-likeness (QED) is 0.473. The van der Waals surface area contributed by atoms with E-state index in [1.54, 1.807) is 12.3 Å². The van der Waals surface area contributed by atoms with Crippen molar-refractivity contribution < 1.29 is 14.7 Å². The predicted octanol–water partition coefficient (Wildman–Crippen LogP) is 5.56. The zero-order chi connectivity index (χ0) is 23.8. The second-order valence-electron chi connectivity index (χ2n) is 9.46. The molecule has 1 aliphatic heterocycles. The Morgan fingerprint density at radius 1 is 1.18 bits per heavy atom. The smallest absolute Gasteiger partial charge is 0.303 e. The van der Waals surface area contributed by atoms with Gasteiger partial charge in [-0.25, -0.2) is 4.98 Å². The van der Waals surface area contributed by atoms with Crippen molar-refractivity contribution in [1.82, 2.24) is 14.5 Å². The van der Waals surface area contributed by atoms with Crippen LogP contribution in [0.4, 0.5) is 0 Å². The zero-order valence-corrected chi connectivity index (χ0v) is 20.3. The lowest BCUT2D eigenvalue weighted by Crippen LogP contribution is -2.37. The number of benzene rings is 1. The lowest BCUT2D eigenvalue weighted by molar-refractivity contribution is -0.140. The molecule has 0 aliphatic carbocycles. The summed E-state index contributed by atoms with van der Waals surface area (Å²) in [6.07, 6.45) is 3.45. The van der Waals surface area contributed by atoms with Crippen molar-refractivity contribution in [2.45, 2.75) is 52.6 Å². The summed E-state index contributed by atoms with van der Waals surface area (Å²) in [7, 11) is 0. The molecule has 0 saturated carbocycles. The Morgan fingerprint density at radius 3 is 2.61 bits per heavy atom. The molecule has 1 aliphatic rings. The molecule has 2 aromatic heterocycles. The van der Waals surface area contributed by atoms with Crippen molar-refractivity contribution in [3.8, 4) is 0 Å². The Balaban J connectivity index is 1.60. The van der Waals surface area contributed by atoms with Crippen molar-refractivity contribution in [2.24, 2.45) is 5.41 Å². The van der Waals surface area contributed by atoms with Gasteiger partial charge in [-0.3, -0.25) is 9.59 Å². The first-order chi connectivity index (χ1) is 15.6. The van der Waals surface area contributed by atoms with Crippen LogP contribution in [0.1, 0.15) is 49.9 Å². The van der Waals surface area contributed by atoms with Crippen LogP contribution in [-0.4, -0.2) is 38.0 Å². The number of carboxylic acids is 1. The highest BCUT2D eigenvalue weighted by Gasteiger charge is 2.29. The minimum absolute atomic E-state index is 0.0481. The Bertz CT molecular complexity index is 1200. The van der Waals surface area contributed by atoms with Crippen LogP contribution in [-0.2, 0) is 29.1 Å². The summed E-state index contributed by atoms with van der Waals surface area (Å²) in [5.74, 6) is -0.789. The van der Waals surface area contributed by atoms with Gasteiger partial charge in [-0.1, -0.05) is 37.0 Å². The van der Waals surface area contributed by atoms with Crippen molar-refractivity contribution in [3.05, 3.63) is 63.4 Å². The van der Waals surface area contributed by atoms with Gasteiger partial charge in [0.2, 0.25) is 5.91 Å². The number of halogens is 2. The molecule has 0 saturated heterocycles. The SMILES string of the molecule is CC(C)(CCC(=O)N1CCc2c(n(Cc3cc(Cl)cc(Cl)c3)c3ncccc23)C1)CC(=O)O. The topological polar surface area (TPSA) is 75.4 Å². The number of pyridine rings is 1. The van der Waals surface area contributed by atoms with E-state index in [0.29, 0.717) is 42.5 Å². The minimum Gasteiger partial charge on any atom is -0.481 e. The van der Waals surface area contributed by atoms with Crippen LogP contribution in [0.25, 0.3) is 11.0 Å². The van der Waals surface area contributed by atoms with Crippen LogP contribution in [0, 0.1) is 5.41 Å². The van der Waals surface area contributed by atoms with Crippen molar-refractivity contribution in [3.63, 3.8) is 0 Å². The number of carbonyl (C=O) groups excluding carboxylic acids is 1. The van der Waals surface area contributed by atoms with Crippen LogP contribution in [0.3, 0.4) is 0 Å². The number of aromatic nitrogens is 2. The van der Waals surface area contributed by atoms with Gasteiger partial charge in [-0.05, 0) is 59.7 Å². The van der Waals surface area contributed by atoms with Gasteiger partial charge in [0.05, 0.1) is 13.0 Å². The Kier molecular flexibility index (Phi) is 6.68. The van der Waals surface area contributed by atoms with Crippen molar-refractivity contribution >= 4 is 46.1 Å². The summed E-state index contributed by atoms with van der Waals surface area (Å²) in [4.78, 5) is 30.6. The highest BCUT2D eigenvalue weighted by Crippen LogP contribution is 2.32. The summed E-state index contributed by atoms with van der Waals surface area (Å²) >= 11 is 12.4. The normalized spacial score (nSPS) is 13.9. The summed E-state index contributed by atoms with van der Waals surface area (Å²) in [6.45, 7) is 5.47. The molecule has 0 bridgehead atoms. The van der Waals surface area contributed by atoms with Crippen molar-refractivity contribution in [2.75, 3.05) is 6.54 Å². The van der Waals surface area contributed by atoms with Gasteiger partial charge in [0.15, 0.2) is 0 Å². The molecule has 1 aromatic carbocycles. The highest BCUT2D eigenvalue weighted by atomic mass is 35.5. The predicted molar refractivity (Wildman–Crippen MR) is 130 cm³/mol. The summed E-state index contributed by atoms with van der Waals surface area (Å²) in [6, 6.07) is 9.51. The van der Waals surface area contributed by atoms with E-state index in [4.69, 9.17) is 28.3 Å². The first-order valence-corrected chi connectivity index (χ1v) is 11.8. The maximum Gasteiger partial charge on any atom is 0.303 e. The number of nitrogens with zero attached hydrogens (tertiary/aromatic N) is 3. The van der Waals surface area contributed by atoms with Crippen molar-refractivity contribution in [1.29, 1.82) is 0 Å². The number of rotatable bonds is 7. The standard InChI is InChI=1S/C25H27Cl2N3O3/c1-25(2,13-23(32)33)7-5-22(31)29-9-6-19-20-4-3-8-28-24(20)30(21(19)15-29)14-16-10-17(26)12-18(27)11-16/h3-4,8,10-12H,5-7,9,13-15H2,1-2H3,(H,32,33). The van der Waals surface area contributed by atoms with E-state index in [-0.39, 0.29) is 12.3 Å². The number of carboxylic acid groups (broad SMARTS) is 1. The number of hydrogen-bond donors (Lipinski definition) is 1. The van der Waals surface area contributed by atoms with E-state index < -0.39 is 11.4 Å². The van der Waals surface area contributed by atoms with E-state index in [1.165, 1.54) is 5.56 Å². The Morgan fingerprint density at radius 2 is 1.91 bits per heavy atom. The summed E-state index contributed by atoms with van der Waals surface area (Å²) in [5, 5.41) is 11.4. The third-order valence-corrected chi connectivity index (χ3v) is 6.71. The van der Waals surface area contributed by atoms with Gasteiger partial charge >= 0.3 is 5.97 Å². The molecule has 174 valence electrons. The lowest BCUT2D eigenvalue weighted by Gasteiger charge is -2.30. The number of carbonyl (C=O) groups is 2. The zero-order valence-electron chi connectivity index (χ0n) is 18.8. The molecule has 0 radical (unpaired) electrons. The van der Waals surface area contributed by atoms with E-state index in [9.17, 15) is 9.59 Å². The fourth-order valence-corrected chi connectivity index (χ4v) is 5.20. The largest absolute Gasteiger partial charge is 0.481 e. The molecule has 1 amide bonds. The van der Waals surface area contributed by atoms with E-state index in [2.05, 4.69) is 15.6 Å². The van der Waals surface area contributed by atoms with Gasteiger partial charge < -0.3 is 14.6 Å². The van der Waals surface area contributed by atoms with Crippen LogP contribution in [0.2, 0.25) is 10.0 Å². The van der Waals surface area contributed by atoms with Gasteiger partial charge in [0.25, 0.3) is 0 Å². The number of fused-ring (bicyclic) bond motifs is 3.